The Morgan fingerprint density at radius 3 is 2.30 bits per heavy atom. The van der Waals surface area contributed by atoms with Crippen LogP contribution >= 0.6 is 0 Å². The molecule has 1 aliphatic rings. The highest BCUT2D eigenvalue weighted by atomic mass is 32.2. The molecule has 228 valence electrons. The molecule has 8 nitrogen and oxygen atoms in total. The van der Waals surface area contributed by atoms with Crippen LogP contribution in [0.1, 0.15) is 16.7 Å². The normalized spacial score (nSPS) is 14.5. The maximum absolute atomic E-state index is 13.9. The Bertz CT molecular complexity index is 1780. The smallest absolute Gasteiger partial charge is 0.416 e. The number of hydrogen-bond acceptors (Lipinski definition) is 6. The molecule has 1 aliphatic heterocycles. The summed E-state index contributed by atoms with van der Waals surface area (Å²) in [5.74, 6) is -0.900. The zero-order valence-electron chi connectivity index (χ0n) is 23.5. The fraction of sp³-hybridized carbons (Fsp3) is 0.188. The number of carbonyl (C=O) groups excluding carboxylic acids is 2. The zero-order valence-corrected chi connectivity index (χ0v) is 24.3. The third kappa shape index (κ3) is 6.55. The summed E-state index contributed by atoms with van der Waals surface area (Å²) in [6.45, 7) is 0.148. The van der Waals surface area contributed by atoms with Crippen molar-refractivity contribution in [3.05, 3.63) is 114 Å². The van der Waals surface area contributed by atoms with Crippen molar-refractivity contribution in [3.63, 3.8) is 0 Å². The van der Waals surface area contributed by atoms with E-state index < -0.39 is 39.7 Å². The van der Waals surface area contributed by atoms with Gasteiger partial charge in [0.05, 0.1) is 23.3 Å². The Hall–Kier alpha value is -4.84. The number of hydrogen-bond donors (Lipinski definition) is 2. The Kier molecular flexibility index (Phi) is 8.63. The van der Waals surface area contributed by atoms with E-state index in [0.717, 1.165) is 22.0 Å². The number of fused-ring (bicyclic) bond motifs is 1. The number of alkyl halides is 3. The van der Waals surface area contributed by atoms with E-state index in [9.17, 15) is 31.2 Å². The van der Waals surface area contributed by atoms with Gasteiger partial charge >= 0.3 is 12.1 Å². The predicted molar refractivity (Wildman–Crippen MR) is 159 cm³/mol. The summed E-state index contributed by atoms with van der Waals surface area (Å²) < 4.78 is 73.2. The van der Waals surface area contributed by atoms with Crippen molar-refractivity contribution < 1.29 is 35.9 Å². The quantitative estimate of drug-likeness (QED) is 0.242. The van der Waals surface area contributed by atoms with E-state index in [4.69, 9.17) is 0 Å². The highest BCUT2D eigenvalue weighted by molar-refractivity contribution is 7.93. The number of nitrogens with zero attached hydrogens (tertiary/aromatic N) is 1. The highest BCUT2D eigenvalue weighted by Crippen LogP contribution is 2.38. The van der Waals surface area contributed by atoms with E-state index in [1.807, 2.05) is 0 Å². The van der Waals surface area contributed by atoms with Crippen LogP contribution in [-0.2, 0) is 43.5 Å². The number of halogens is 3. The summed E-state index contributed by atoms with van der Waals surface area (Å²) in [5.41, 5.74) is 2.43. The molecular weight excluding hydrogens is 595 g/mol. The zero-order chi connectivity index (χ0) is 31.5. The lowest BCUT2D eigenvalue weighted by molar-refractivity contribution is -0.139. The molecule has 5 rings (SSSR count). The minimum absolute atomic E-state index is 0.00705. The van der Waals surface area contributed by atoms with Gasteiger partial charge in [-0.25, -0.2) is 8.42 Å². The van der Waals surface area contributed by atoms with Crippen LogP contribution in [0.15, 0.2) is 102 Å². The highest BCUT2D eigenvalue weighted by Gasteiger charge is 2.42. The fourth-order valence-electron chi connectivity index (χ4n) is 4.96. The summed E-state index contributed by atoms with van der Waals surface area (Å²) >= 11 is 0. The van der Waals surface area contributed by atoms with Gasteiger partial charge in [0.2, 0.25) is 5.91 Å². The number of benzene rings is 4. The van der Waals surface area contributed by atoms with E-state index in [1.54, 1.807) is 48.5 Å². The van der Waals surface area contributed by atoms with E-state index in [2.05, 4.69) is 15.4 Å². The number of nitrogens with one attached hydrogen (secondary N) is 2. The van der Waals surface area contributed by atoms with Crippen molar-refractivity contribution in [3.8, 4) is 11.1 Å². The Labute approximate surface area is 252 Å². The second kappa shape index (κ2) is 12.4. The SMILES string of the molecule is COC(=O)CNc1ccc(CNC(=O)[C@@H]2Cc3ccccc3N2S(=O)(=O)c2ccc(-c3cccc(C(F)(F)F)c3)cc2)cc1. The van der Waals surface area contributed by atoms with Gasteiger partial charge in [0.15, 0.2) is 0 Å². The van der Waals surface area contributed by atoms with Gasteiger partial charge < -0.3 is 15.4 Å². The third-order valence-corrected chi connectivity index (χ3v) is 9.08. The van der Waals surface area contributed by atoms with E-state index in [-0.39, 0.29) is 24.4 Å². The van der Waals surface area contributed by atoms with Crippen LogP contribution in [0.3, 0.4) is 0 Å². The summed E-state index contributed by atoms with van der Waals surface area (Å²) in [4.78, 5) is 24.7. The number of rotatable bonds is 9. The molecule has 1 amide bonds. The van der Waals surface area contributed by atoms with Crippen molar-refractivity contribution in [1.29, 1.82) is 0 Å². The summed E-state index contributed by atoms with van der Waals surface area (Å²) in [5, 5.41) is 5.75. The molecule has 44 heavy (non-hydrogen) atoms. The molecule has 0 spiro atoms. The van der Waals surface area contributed by atoms with E-state index in [1.165, 1.54) is 43.5 Å². The standard InChI is InChI=1S/C32H28F3N3O5S/c1-43-30(39)20-36-26-13-9-21(10-14-26)19-37-31(40)29-18-24-5-2-3-8-28(24)38(29)44(41,42)27-15-11-22(12-16-27)23-6-4-7-25(17-23)32(33,34)35/h2-17,29,36H,18-20H2,1H3,(H,37,40)/t29-/m0/s1. The lowest BCUT2D eigenvalue weighted by Gasteiger charge is -2.26. The number of esters is 1. The minimum Gasteiger partial charge on any atom is -0.468 e. The maximum Gasteiger partial charge on any atom is 0.416 e. The number of methoxy groups -OCH3 is 1. The van der Waals surface area contributed by atoms with Crippen LogP contribution in [0.2, 0.25) is 0 Å². The van der Waals surface area contributed by atoms with Crippen LogP contribution in [0, 0.1) is 0 Å². The van der Waals surface area contributed by atoms with Crippen LogP contribution in [0.25, 0.3) is 11.1 Å². The number of ether oxygens (including phenoxy) is 1. The lowest BCUT2D eigenvalue weighted by atomic mass is 10.0. The van der Waals surface area contributed by atoms with Crippen molar-refractivity contribution in [2.45, 2.75) is 30.1 Å². The second-order valence-electron chi connectivity index (χ2n) is 10.1. The number of carbonyl (C=O) groups is 2. The van der Waals surface area contributed by atoms with Gasteiger partial charge in [-0.15, -0.1) is 0 Å². The van der Waals surface area contributed by atoms with Crippen molar-refractivity contribution >= 4 is 33.3 Å². The molecule has 0 aliphatic carbocycles. The molecular formula is C32H28F3N3O5S. The molecule has 4 aromatic rings. The molecule has 0 saturated heterocycles. The average molecular weight is 624 g/mol. The van der Waals surface area contributed by atoms with Gasteiger partial charge in [0.25, 0.3) is 10.0 Å². The fourth-order valence-corrected chi connectivity index (χ4v) is 6.61. The van der Waals surface area contributed by atoms with Gasteiger partial charge in [-0.05, 0) is 64.7 Å². The topological polar surface area (TPSA) is 105 Å². The predicted octanol–water partition coefficient (Wildman–Crippen LogP) is 5.39. The number of para-hydroxylation sites is 1. The summed E-state index contributed by atoms with van der Waals surface area (Å²) in [6.07, 6.45) is -4.34. The average Bonchev–Trinajstić information content (AvgIpc) is 3.43. The Morgan fingerprint density at radius 2 is 1.61 bits per heavy atom. The molecule has 1 atom stereocenters. The molecule has 1 heterocycles. The first-order valence-electron chi connectivity index (χ1n) is 13.5. The molecule has 0 bridgehead atoms. The number of anilines is 2. The van der Waals surface area contributed by atoms with Gasteiger partial charge in [0.1, 0.15) is 12.6 Å². The van der Waals surface area contributed by atoms with Crippen LogP contribution in [-0.4, -0.2) is 40.0 Å². The van der Waals surface area contributed by atoms with Gasteiger partial charge in [-0.2, -0.15) is 13.2 Å². The third-order valence-electron chi connectivity index (χ3n) is 7.25. The number of amides is 1. The Balaban J connectivity index is 1.34. The van der Waals surface area contributed by atoms with Gasteiger partial charge in [-0.1, -0.05) is 54.6 Å². The molecule has 0 unspecified atom stereocenters. The molecule has 2 N–H and O–H groups in total. The first kappa shape index (κ1) is 30.6. The first-order valence-corrected chi connectivity index (χ1v) is 15.0. The first-order chi connectivity index (χ1) is 21.0. The molecule has 0 saturated carbocycles. The molecule has 0 aromatic heterocycles. The van der Waals surface area contributed by atoms with Crippen LogP contribution in [0.4, 0.5) is 24.5 Å². The van der Waals surface area contributed by atoms with Crippen LogP contribution < -0.4 is 14.9 Å². The molecule has 12 heteroatoms. The maximum atomic E-state index is 13.9. The second-order valence-corrected chi connectivity index (χ2v) is 11.9. The van der Waals surface area contributed by atoms with Crippen LogP contribution in [0.5, 0.6) is 0 Å². The largest absolute Gasteiger partial charge is 0.468 e. The minimum atomic E-state index is -4.51. The van der Waals surface area contributed by atoms with Gasteiger partial charge in [0, 0.05) is 18.7 Å². The van der Waals surface area contributed by atoms with E-state index >= 15 is 0 Å². The van der Waals surface area contributed by atoms with Crippen molar-refractivity contribution in [2.75, 3.05) is 23.3 Å². The number of sulfonamides is 1. The van der Waals surface area contributed by atoms with Crippen molar-refractivity contribution in [2.24, 2.45) is 0 Å². The summed E-state index contributed by atoms with van der Waals surface area (Å²) in [7, 11) is -2.94. The Morgan fingerprint density at radius 1 is 0.909 bits per heavy atom. The summed E-state index contributed by atoms with van der Waals surface area (Å²) in [6, 6.07) is 23.2. The van der Waals surface area contributed by atoms with Gasteiger partial charge in [-0.3, -0.25) is 13.9 Å². The molecule has 0 radical (unpaired) electrons. The van der Waals surface area contributed by atoms with Crippen molar-refractivity contribution in [1.82, 2.24) is 5.32 Å². The van der Waals surface area contributed by atoms with E-state index in [0.29, 0.717) is 28.1 Å². The monoisotopic (exact) mass is 623 g/mol. The molecule has 4 aromatic carbocycles. The molecule has 0 fully saturated rings. The lowest BCUT2D eigenvalue weighted by Crippen LogP contribution is -2.47.